The van der Waals surface area contributed by atoms with Gasteiger partial charge in [0.05, 0.1) is 12.6 Å². The zero-order valence-corrected chi connectivity index (χ0v) is 13.0. The summed E-state index contributed by atoms with van der Waals surface area (Å²) < 4.78 is 5.43. The second-order valence-electron chi connectivity index (χ2n) is 4.91. The van der Waals surface area contributed by atoms with E-state index in [4.69, 9.17) is 16.3 Å². The summed E-state index contributed by atoms with van der Waals surface area (Å²) in [7, 11) is 0. The van der Waals surface area contributed by atoms with Gasteiger partial charge in [0.2, 0.25) is 0 Å². The quantitative estimate of drug-likeness (QED) is 0.860. The number of ether oxygens (including phenoxy) is 1. The Morgan fingerprint density at radius 2 is 2.00 bits per heavy atom. The molecule has 0 aliphatic rings. The molecule has 2 rings (SSSR count). The van der Waals surface area contributed by atoms with Crippen molar-refractivity contribution in [3.05, 3.63) is 64.7 Å². The molecule has 0 bridgehead atoms. The van der Waals surface area contributed by atoms with E-state index in [2.05, 4.69) is 5.32 Å². The fraction of sp³-hybridized carbons (Fsp3) is 0.235. The van der Waals surface area contributed by atoms with Crippen molar-refractivity contribution in [1.29, 1.82) is 0 Å². The highest BCUT2D eigenvalue weighted by molar-refractivity contribution is 6.31. The molecule has 0 spiro atoms. The molecule has 0 aliphatic heterocycles. The number of aryl methyl sites for hydroxylation is 1. The Kier molecular flexibility index (Phi) is 5.81. The number of benzene rings is 2. The standard InChI is InChI=1S/C17H18ClNO3/c1-12-9-14(7-8-15(12)18)22-11-17(21)19-16(10-20)13-5-3-2-4-6-13/h2-9,16,20H,10-11H2,1H3,(H,19,21). The fourth-order valence-electron chi connectivity index (χ4n) is 2.01. The van der Waals surface area contributed by atoms with Gasteiger partial charge in [0.15, 0.2) is 6.61 Å². The Morgan fingerprint density at radius 3 is 2.64 bits per heavy atom. The molecule has 1 amide bonds. The van der Waals surface area contributed by atoms with Gasteiger partial charge in [0.1, 0.15) is 5.75 Å². The summed E-state index contributed by atoms with van der Waals surface area (Å²) >= 11 is 5.94. The number of aliphatic hydroxyl groups is 1. The number of amides is 1. The summed E-state index contributed by atoms with van der Waals surface area (Å²) in [4.78, 5) is 11.9. The highest BCUT2D eigenvalue weighted by atomic mass is 35.5. The predicted molar refractivity (Wildman–Crippen MR) is 86.1 cm³/mol. The van der Waals surface area contributed by atoms with E-state index in [0.29, 0.717) is 10.8 Å². The normalized spacial score (nSPS) is 11.8. The minimum Gasteiger partial charge on any atom is -0.484 e. The van der Waals surface area contributed by atoms with Gasteiger partial charge in [0.25, 0.3) is 5.91 Å². The van der Waals surface area contributed by atoms with Gasteiger partial charge in [-0.3, -0.25) is 4.79 Å². The van der Waals surface area contributed by atoms with E-state index in [0.717, 1.165) is 11.1 Å². The molecule has 116 valence electrons. The van der Waals surface area contributed by atoms with Gasteiger partial charge in [-0.25, -0.2) is 0 Å². The number of nitrogens with one attached hydrogen (secondary N) is 1. The molecule has 1 unspecified atom stereocenters. The van der Waals surface area contributed by atoms with Gasteiger partial charge in [-0.2, -0.15) is 0 Å². The Morgan fingerprint density at radius 1 is 1.27 bits per heavy atom. The van der Waals surface area contributed by atoms with E-state index in [9.17, 15) is 9.90 Å². The van der Waals surface area contributed by atoms with E-state index in [1.54, 1.807) is 18.2 Å². The predicted octanol–water partition coefficient (Wildman–Crippen LogP) is 2.88. The first-order valence-corrected chi connectivity index (χ1v) is 7.32. The Bertz CT molecular complexity index is 631. The fourth-order valence-corrected chi connectivity index (χ4v) is 2.13. The maximum absolute atomic E-state index is 11.9. The zero-order chi connectivity index (χ0) is 15.9. The summed E-state index contributed by atoms with van der Waals surface area (Å²) in [5, 5.41) is 12.8. The van der Waals surface area contributed by atoms with Crippen molar-refractivity contribution in [2.45, 2.75) is 13.0 Å². The molecular weight excluding hydrogens is 302 g/mol. The molecule has 0 aromatic heterocycles. The molecule has 0 heterocycles. The number of carbonyl (C=O) groups excluding carboxylic acids is 1. The van der Waals surface area contributed by atoms with Crippen LogP contribution in [0.25, 0.3) is 0 Å². The lowest BCUT2D eigenvalue weighted by Crippen LogP contribution is -2.34. The number of hydrogen-bond acceptors (Lipinski definition) is 3. The molecule has 0 aliphatic carbocycles. The Labute approximate surface area is 134 Å². The van der Waals surface area contributed by atoms with Gasteiger partial charge >= 0.3 is 0 Å². The van der Waals surface area contributed by atoms with Crippen molar-refractivity contribution < 1.29 is 14.6 Å². The lowest BCUT2D eigenvalue weighted by molar-refractivity contribution is -0.124. The molecule has 2 aromatic rings. The smallest absolute Gasteiger partial charge is 0.258 e. The van der Waals surface area contributed by atoms with E-state index in [1.165, 1.54) is 0 Å². The lowest BCUT2D eigenvalue weighted by Gasteiger charge is -2.17. The SMILES string of the molecule is Cc1cc(OCC(=O)NC(CO)c2ccccc2)ccc1Cl. The molecule has 0 saturated heterocycles. The first kappa shape index (κ1) is 16.3. The third-order valence-electron chi connectivity index (χ3n) is 3.22. The first-order valence-electron chi connectivity index (χ1n) is 6.94. The molecule has 0 radical (unpaired) electrons. The number of aliphatic hydroxyl groups excluding tert-OH is 1. The monoisotopic (exact) mass is 319 g/mol. The Balaban J connectivity index is 1.90. The third-order valence-corrected chi connectivity index (χ3v) is 3.64. The largest absolute Gasteiger partial charge is 0.484 e. The van der Waals surface area contributed by atoms with E-state index < -0.39 is 6.04 Å². The van der Waals surface area contributed by atoms with Crippen LogP contribution in [0, 0.1) is 6.92 Å². The van der Waals surface area contributed by atoms with Crippen LogP contribution in [-0.2, 0) is 4.79 Å². The van der Waals surface area contributed by atoms with E-state index in [-0.39, 0.29) is 19.1 Å². The van der Waals surface area contributed by atoms with Crippen molar-refractivity contribution in [3.8, 4) is 5.75 Å². The van der Waals surface area contributed by atoms with Crippen molar-refractivity contribution in [2.24, 2.45) is 0 Å². The van der Waals surface area contributed by atoms with Gasteiger partial charge in [-0.05, 0) is 36.2 Å². The molecule has 2 aromatic carbocycles. The maximum atomic E-state index is 11.9. The summed E-state index contributed by atoms with van der Waals surface area (Å²) in [6.07, 6.45) is 0. The van der Waals surface area contributed by atoms with Gasteiger partial charge in [-0.1, -0.05) is 41.9 Å². The highest BCUT2D eigenvalue weighted by Gasteiger charge is 2.13. The average molecular weight is 320 g/mol. The van der Waals surface area contributed by atoms with Crippen molar-refractivity contribution in [1.82, 2.24) is 5.32 Å². The molecule has 1 atom stereocenters. The minimum absolute atomic E-state index is 0.121. The van der Waals surface area contributed by atoms with Gasteiger partial charge < -0.3 is 15.2 Å². The average Bonchev–Trinajstić information content (AvgIpc) is 2.54. The molecule has 0 saturated carbocycles. The van der Waals surface area contributed by atoms with Crippen molar-refractivity contribution >= 4 is 17.5 Å². The van der Waals surface area contributed by atoms with Crippen LogP contribution in [0.5, 0.6) is 5.75 Å². The number of rotatable bonds is 6. The zero-order valence-electron chi connectivity index (χ0n) is 12.3. The van der Waals surface area contributed by atoms with E-state index in [1.807, 2.05) is 37.3 Å². The number of hydrogen-bond donors (Lipinski definition) is 2. The minimum atomic E-state index is -0.441. The van der Waals surface area contributed by atoms with Crippen molar-refractivity contribution in [3.63, 3.8) is 0 Å². The van der Waals surface area contributed by atoms with Crippen molar-refractivity contribution in [2.75, 3.05) is 13.2 Å². The summed E-state index contributed by atoms with van der Waals surface area (Å²) in [6.45, 7) is 1.58. The first-order chi connectivity index (χ1) is 10.6. The van der Waals surface area contributed by atoms with Gasteiger partial charge in [-0.15, -0.1) is 0 Å². The van der Waals surface area contributed by atoms with Crippen LogP contribution in [0.4, 0.5) is 0 Å². The molecule has 22 heavy (non-hydrogen) atoms. The summed E-state index contributed by atoms with van der Waals surface area (Å²) in [6, 6.07) is 14.1. The second kappa shape index (κ2) is 7.82. The van der Waals surface area contributed by atoms with Crippen LogP contribution in [0.1, 0.15) is 17.2 Å². The summed E-state index contributed by atoms with van der Waals surface area (Å²) in [5.74, 6) is 0.285. The van der Waals surface area contributed by atoms with Crippen LogP contribution in [0.15, 0.2) is 48.5 Å². The maximum Gasteiger partial charge on any atom is 0.258 e. The molecule has 4 nitrogen and oxygen atoms in total. The molecular formula is C17H18ClNO3. The van der Waals surface area contributed by atoms with E-state index >= 15 is 0 Å². The lowest BCUT2D eigenvalue weighted by atomic mass is 10.1. The molecule has 0 fully saturated rings. The number of halogens is 1. The Hall–Kier alpha value is -2.04. The topological polar surface area (TPSA) is 58.6 Å². The van der Waals surface area contributed by atoms with Crippen LogP contribution in [0.3, 0.4) is 0 Å². The molecule has 5 heteroatoms. The molecule has 2 N–H and O–H groups in total. The van der Waals surface area contributed by atoms with Crippen LogP contribution in [-0.4, -0.2) is 24.2 Å². The summed E-state index contributed by atoms with van der Waals surface area (Å²) in [5.41, 5.74) is 1.73. The second-order valence-corrected chi connectivity index (χ2v) is 5.32. The third kappa shape index (κ3) is 4.48. The van der Waals surface area contributed by atoms with Crippen LogP contribution in [0.2, 0.25) is 5.02 Å². The van der Waals surface area contributed by atoms with Gasteiger partial charge in [0, 0.05) is 5.02 Å². The highest BCUT2D eigenvalue weighted by Crippen LogP contribution is 2.21. The van der Waals surface area contributed by atoms with Crippen LogP contribution < -0.4 is 10.1 Å². The van der Waals surface area contributed by atoms with Crippen LogP contribution >= 0.6 is 11.6 Å². The number of carbonyl (C=O) groups is 1.